The lowest BCUT2D eigenvalue weighted by Gasteiger charge is -2.29. The van der Waals surface area contributed by atoms with Crippen molar-refractivity contribution in [2.75, 3.05) is 31.2 Å². The van der Waals surface area contributed by atoms with Gasteiger partial charge in [0.25, 0.3) is 0 Å². The van der Waals surface area contributed by atoms with Gasteiger partial charge in [0.15, 0.2) is 5.78 Å². The zero-order valence-electron chi connectivity index (χ0n) is 12.8. The van der Waals surface area contributed by atoms with Crippen LogP contribution in [0.1, 0.15) is 15.9 Å². The quantitative estimate of drug-likeness (QED) is 0.696. The largest absolute Gasteiger partial charge is 0.508 e. The standard InChI is InChI=1S/C19H19NO3/c21-18-6-1-3-15(13-18)7-8-19(22)16-4-2-5-17(14-16)20-9-11-23-12-10-20/h1-8,13-14,21H,9-12H2. The van der Waals surface area contributed by atoms with Crippen LogP contribution >= 0.6 is 0 Å². The number of morpholine rings is 1. The zero-order valence-corrected chi connectivity index (χ0v) is 12.8. The van der Waals surface area contributed by atoms with Crippen LogP contribution in [-0.4, -0.2) is 37.2 Å². The van der Waals surface area contributed by atoms with E-state index in [4.69, 9.17) is 4.74 Å². The maximum atomic E-state index is 12.3. The number of rotatable bonds is 4. The first-order valence-corrected chi connectivity index (χ1v) is 7.66. The fourth-order valence-electron chi connectivity index (χ4n) is 2.57. The maximum Gasteiger partial charge on any atom is 0.185 e. The molecule has 23 heavy (non-hydrogen) atoms. The molecular formula is C19H19NO3. The van der Waals surface area contributed by atoms with Gasteiger partial charge >= 0.3 is 0 Å². The molecule has 1 N–H and O–H groups in total. The smallest absolute Gasteiger partial charge is 0.185 e. The molecule has 0 unspecified atom stereocenters. The van der Waals surface area contributed by atoms with Crippen molar-refractivity contribution in [3.8, 4) is 5.75 Å². The molecule has 1 aliphatic heterocycles. The third kappa shape index (κ3) is 3.99. The Balaban J connectivity index is 1.74. The third-order valence-corrected chi connectivity index (χ3v) is 3.80. The van der Waals surface area contributed by atoms with Crippen LogP contribution < -0.4 is 4.90 Å². The number of hydrogen-bond donors (Lipinski definition) is 1. The van der Waals surface area contributed by atoms with Gasteiger partial charge in [0.2, 0.25) is 0 Å². The highest BCUT2D eigenvalue weighted by Crippen LogP contribution is 2.19. The van der Waals surface area contributed by atoms with Gasteiger partial charge in [-0.2, -0.15) is 0 Å². The molecule has 2 aromatic carbocycles. The summed E-state index contributed by atoms with van der Waals surface area (Å²) in [5.41, 5.74) is 2.50. The summed E-state index contributed by atoms with van der Waals surface area (Å²) in [6, 6.07) is 14.5. The van der Waals surface area contributed by atoms with Gasteiger partial charge in [-0.1, -0.05) is 30.3 Å². The first kappa shape index (κ1) is 15.3. The molecule has 1 saturated heterocycles. The minimum Gasteiger partial charge on any atom is -0.508 e. The van der Waals surface area contributed by atoms with Crippen molar-refractivity contribution in [3.05, 3.63) is 65.7 Å². The average molecular weight is 309 g/mol. The van der Waals surface area contributed by atoms with Crippen molar-refractivity contribution in [1.29, 1.82) is 0 Å². The number of aromatic hydroxyl groups is 1. The van der Waals surface area contributed by atoms with E-state index < -0.39 is 0 Å². The molecule has 1 fully saturated rings. The number of benzene rings is 2. The van der Waals surface area contributed by atoms with Crippen molar-refractivity contribution in [3.63, 3.8) is 0 Å². The van der Waals surface area contributed by atoms with Gasteiger partial charge < -0.3 is 14.7 Å². The molecule has 1 aliphatic rings. The number of phenols is 1. The van der Waals surface area contributed by atoms with Crippen molar-refractivity contribution < 1.29 is 14.6 Å². The van der Waals surface area contributed by atoms with E-state index in [1.165, 1.54) is 6.08 Å². The molecule has 0 aliphatic carbocycles. The van der Waals surface area contributed by atoms with Gasteiger partial charge in [-0.05, 0) is 35.9 Å². The normalized spacial score (nSPS) is 15.0. The van der Waals surface area contributed by atoms with Gasteiger partial charge in [0.05, 0.1) is 13.2 Å². The van der Waals surface area contributed by atoms with Crippen molar-refractivity contribution >= 4 is 17.5 Å². The van der Waals surface area contributed by atoms with E-state index >= 15 is 0 Å². The van der Waals surface area contributed by atoms with E-state index in [0.717, 1.165) is 37.6 Å². The number of allylic oxidation sites excluding steroid dienone is 1. The molecule has 0 saturated carbocycles. The molecule has 4 heteroatoms. The Morgan fingerprint density at radius 2 is 1.87 bits per heavy atom. The second kappa shape index (κ2) is 7.11. The maximum absolute atomic E-state index is 12.3. The lowest BCUT2D eigenvalue weighted by Crippen LogP contribution is -2.36. The highest BCUT2D eigenvalue weighted by atomic mass is 16.5. The summed E-state index contributed by atoms with van der Waals surface area (Å²) in [5.74, 6) is 0.136. The molecule has 0 amide bonds. The van der Waals surface area contributed by atoms with Crippen molar-refractivity contribution in [2.45, 2.75) is 0 Å². The summed E-state index contributed by atoms with van der Waals surface area (Å²) in [7, 11) is 0. The molecule has 0 bridgehead atoms. The summed E-state index contributed by atoms with van der Waals surface area (Å²) < 4.78 is 5.36. The minimum atomic E-state index is -0.0524. The van der Waals surface area contributed by atoms with Crippen LogP contribution in [0.3, 0.4) is 0 Å². The lowest BCUT2D eigenvalue weighted by atomic mass is 10.1. The molecule has 0 radical (unpaired) electrons. The van der Waals surface area contributed by atoms with Crippen LogP contribution in [0.4, 0.5) is 5.69 Å². The number of ether oxygens (including phenoxy) is 1. The van der Waals surface area contributed by atoms with E-state index in [2.05, 4.69) is 4.90 Å². The molecule has 2 aromatic rings. The van der Waals surface area contributed by atoms with Crippen LogP contribution in [0.25, 0.3) is 6.08 Å². The number of anilines is 1. The first-order valence-electron chi connectivity index (χ1n) is 7.66. The Morgan fingerprint density at radius 3 is 2.65 bits per heavy atom. The predicted molar refractivity (Wildman–Crippen MR) is 90.9 cm³/mol. The summed E-state index contributed by atoms with van der Waals surface area (Å²) in [6.45, 7) is 3.12. The van der Waals surface area contributed by atoms with E-state index in [9.17, 15) is 9.90 Å². The molecule has 0 atom stereocenters. The fourth-order valence-corrected chi connectivity index (χ4v) is 2.57. The van der Waals surface area contributed by atoms with Crippen LogP contribution in [0.2, 0.25) is 0 Å². The lowest BCUT2D eigenvalue weighted by molar-refractivity contribution is 0.104. The molecule has 118 valence electrons. The van der Waals surface area contributed by atoms with Crippen LogP contribution in [0.15, 0.2) is 54.6 Å². The Labute approximate surface area is 135 Å². The highest BCUT2D eigenvalue weighted by Gasteiger charge is 2.12. The van der Waals surface area contributed by atoms with Gasteiger partial charge in [0.1, 0.15) is 5.75 Å². The molecule has 0 aromatic heterocycles. The predicted octanol–water partition coefficient (Wildman–Crippen LogP) is 3.12. The summed E-state index contributed by atoms with van der Waals surface area (Å²) >= 11 is 0. The monoisotopic (exact) mass is 309 g/mol. The molecule has 4 nitrogen and oxygen atoms in total. The SMILES string of the molecule is O=C(C=Cc1cccc(O)c1)c1cccc(N2CCOCC2)c1. The Bertz CT molecular complexity index is 718. The van der Waals surface area contributed by atoms with Gasteiger partial charge in [-0.15, -0.1) is 0 Å². The van der Waals surface area contributed by atoms with Crippen LogP contribution in [0.5, 0.6) is 5.75 Å². The molecular weight excluding hydrogens is 290 g/mol. The topological polar surface area (TPSA) is 49.8 Å². The highest BCUT2D eigenvalue weighted by molar-refractivity contribution is 6.07. The van der Waals surface area contributed by atoms with Crippen LogP contribution in [0, 0.1) is 0 Å². The zero-order chi connectivity index (χ0) is 16.1. The number of carbonyl (C=O) groups is 1. The second-order valence-corrected chi connectivity index (χ2v) is 5.44. The minimum absolute atomic E-state index is 0.0524. The molecule has 3 rings (SSSR count). The van der Waals surface area contributed by atoms with E-state index in [1.54, 1.807) is 24.3 Å². The number of nitrogens with zero attached hydrogens (tertiary/aromatic N) is 1. The van der Waals surface area contributed by atoms with Gasteiger partial charge in [0, 0.05) is 24.3 Å². The molecule has 0 spiro atoms. The summed E-state index contributed by atoms with van der Waals surface area (Å²) in [5, 5.41) is 9.44. The summed E-state index contributed by atoms with van der Waals surface area (Å²) in [6.07, 6.45) is 3.25. The first-order chi connectivity index (χ1) is 11.2. The molecule has 1 heterocycles. The average Bonchev–Trinajstić information content (AvgIpc) is 2.61. The van der Waals surface area contributed by atoms with Crippen molar-refractivity contribution in [1.82, 2.24) is 0 Å². The van der Waals surface area contributed by atoms with Crippen molar-refractivity contribution in [2.24, 2.45) is 0 Å². The number of phenolic OH excluding ortho intramolecular Hbond substituents is 1. The fraction of sp³-hybridized carbons (Fsp3) is 0.211. The Kier molecular flexibility index (Phi) is 4.74. The summed E-state index contributed by atoms with van der Waals surface area (Å²) in [4.78, 5) is 14.6. The van der Waals surface area contributed by atoms with Gasteiger partial charge in [-0.25, -0.2) is 0 Å². The van der Waals surface area contributed by atoms with E-state index in [1.807, 2.05) is 30.3 Å². The van der Waals surface area contributed by atoms with E-state index in [0.29, 0.717) is 5.56 Å². The van der Waals surface area contributed by atoms with Gasteiger partial charge in [-0.3, -0.25) is 4.79 Å². The van der Waals surface area contributed by atoms with Crippen LogP contribution in [-0.2, 0) is 4.74 Å². The Morgan fingerprint density at radius 1 is 1.09 bits per heavy atom. The number of ketones is 1. The van der Waals surface area contributed by atoms with E-state index in [-0.39, 0.29) is 11.5 Å². The second-order valence-electron chi connectivity index (χ2n) is 5.44. The Hall–Kier alpha value is -2.59. The third-order valence-electron chi connectivity index (χ3n) is 3.80. The number of carbonyl (C=O) groups excluding carboxylic acids is 1. The number of hydrogen-bond acceptors (Lipinski definition) is 4.